The van der Waals surface area contributed by atoms with Crippen LogP contribution in [-0.4, -0.2) is 47.7 Å². The van der Waals surface area contributed by atoms with E-state index in [-0.39, 0.29) is 12.5 Å². The Kier molecular flexibility index (Phi) is 4.53. The third-order valence-electron chi connectivity index (χ3n) is 3.29. The maximum atomic E-state index is 12.1. The van der Waals surface area contributed by atoms with E-state index in [0.717, 1.165) is 11.1 Å². The zero-order chi connectivity index (χ0) is 14.5. The summed E-state index contributed by atoms with van der Waals surface area (Å²) >= 11 is 0. The monoisotopic (exact) mass is 275 g/mol. The zero-order valence-electron chi connectivity index (χ0n) is 11.3. The highest BCUT2D eigenvalue weighted by atomic mass is 16.5. The summed E-state index contributed by atoms with van der Waals surface area (Å²) in [6, 6.07) is 6.78. The molecular formula is C15H17NO4. The molecule has 1 aromatic rings. The number of hydrogen-bond acceptors (Lipinski definition) is 3. The van der Waals surface area contributed by atoms with E-state index >= 15 is 0 Å². The summed E-state index contributed by atoms with van der Waals surface area (Å²) < 4.78 is 5.11. The van der Waals surface area contributed by atoms with Crippen LogP contribution in [-0.2, 0) is 14.3 Å². The first kappa shape index (κ1) is 14.3. The van der Waals surface area contributed by atoms with Crippen molar-refractivity contribution >= 4 is 18.0 Å². The molecule has 1 N–H and O–H groups in total. The van der Waals surface area contributed by atoms with Crippen LogP contribution in [0.1, 0.15) is 11.1 Å². The normalized spacial score (nSPS) is 19.2. The van der Waals surface area contributed by atoms with Gasteiger partial charge in [-0.1, -0.05) is 24.3 Å². The summed E-state index contributed by atoms with van der Waals surface area (Å²) in [5, 5.41) is 9.09. The van der Waals surface area contributed by atoms with Gasteiger partial charge in [-0.25, -0.2) is 4.79 Å². The van der Waals surface area contributed by atoms with Gasteiger partial charge in [0.15, 0.2) is 6.04 Å². The van der Waals surface area contributed by atoms with Crippen LogP contribution in [0, 0.1) is 6.92 Å². The predicted molar refractivity (Wildman–Crippen MR) is 74.2 cm³/mol. The molecule has 1 aliphatic rings. The van der Waals surface area contributed by atoms with Crippen molar-refractivity contribution in [2.24, 2.45) is 0 Å². The molecule has 1 heterocycles. The lowest BCUT2D eigenvalue weighted by Gasteiger charge is -2.32. The van der Waals surface area contributed by atoms with Gasteiger partial charge in [0, 0.05) is 12.6 Å². The standard InChI is InChI=1S/C15H17NO4/c1-11-4-2-3-5-12(11)6-7-14(17)16-8-9-20-10-13(16)15(18)19/h2-7,13H,8-10H2,1H3,(H,18,19). The summed E-state index contributed by atoms with van der Waals surface area (Å²) in [5.74, 6) is -1.34. The first-order valence-corrected chi connectivity index (χ1v) is 6.44. The van der Waals surface area contributed by atoms with Gasteiger partial charge in [0.1, 0.15) is 0 Å². The molecule has 1 fully saturated rings. The average molecular weight is 275 g/mol. The molecular weight excluding hydrogens is 258 g/mol. The lowest BCUT2D eigenvalue weighted by molar-refractivity contribution is -0.156. The van der Waals surface area contributed by atoms with Gasteiger partial charge < -0.3 is 14.7 Å². The number of morpholine rings is 1. The second-order valence-corrected chi connectivity index (χ2v) is 4.65. The number of amides is 1. The first-order chi connectivity index (χ1) is 9.59. The van der Waals surface area contributed by atoms with Crippen LogP contribution in [0.2, 0.25) is 0 Å². The van der Waals surface area contributed by atoms with E-state index in [0.29, 0.717) is 13.2 Å². The summed E-state index contributed by atoms with van der Waals surface area (Å²) in [7, 11) is 0. The number of carboxylic acids is 1. The van der Waals surface area contributed by atoms with E-state index < -0.39 is 12.0 Å². The number of carbonyl (C=O) groups excluding carboxylic acids is 1. The summed E-state index contributed by atoms with van der Waals surface area (Å²) in [6.07, 6.45) is 3.13. The molecule has 2 rings (SSSR count). The van der Waals surface area contributed by atoms with Crippen molar-refractivity contribution in [3.63, 3.8) is 0 Å². The van der Waals surface area contributed by atoms with Gasteiger partial charge in [0.05, 0.1) is 13.2 Å². The third kappa shape index (κ3) is 3.24. The summed E-state index contributed by atoms with van der Waals surface area (Å²) in [4.78, 5) is 24.6. The van der Waals surface area contributed by atoms with Crippen molar-refractivity contribution in [3.05, 3.63) is 41.5 Å². The van der Waals surface area contributed by atoms with E-state index in [4.69, 9.17) is 9.84 Å². The van der Waals surface area contributed by atoms with E-state index in [2.05, 4.69) is 0 Å². The molecule has 1 aromatic carbocycles. The van der Waals surface area contributed by atoms with Gasteiger partial charge in [-0.15, -0.1) is 0 Å². The summed E-state index contributed by atoms with van der Waals surface area (Å²) in [6.45, 7) is 2.67. The van der Waals surface area contributed by atoms with Crippen molar-refractivity contribution in [1.29, 1.82) is 0 Å². The van der Waals surface area contributed by atoms with E-state index in [1.165, 1.54) is 11.0 Å². The van der Waals surface area contributed by atoms with E-state index in [9.17, 15) is 9.59 Å². The minimum absolute atomic E-state index is 0.0410. The number of carboxylic acid groups (broad SMARTS) is 1. The SMILES string of the molecule is Cc1ccccc1C=CC(=O)N1CCOCC1C(=O)O. The fourth-order valence-corrected chi connectivity index (χ4v) is 2.10. The van der Waals surface area contributed by atoms with Crippen molar-refractivity contribution in [2.75, 3.05) is 19.8 Å². The third-order valence-corrected chi connectivity index (χ3v) is 3.29. The number of aliphatic carboxylic acids is 1. The van der Waals surface area contributed by atoms with Crippen LogP contribution in [0.15, 0.2) is 30.3 Å². The predicted octanol–water partition coefficient (Wildman–Crippen LogP) is 1.32. The number of ether oxygens (including phenoxy) is 1. The van der Waals surface area contributed by atoms with Crippen molar-refractivity contribution < 1.29 is 19.4 Å². The number of benzene rings is 1. The molecule has 106 valence electrons. The highest BCUT2D eigenvalue weighted by Crippen LogP contribution is 2.12. The Hall–Kier alpha value is -2.14. The van der Waals surface area contributed by atoms with Gasteiger partial charge in [0.2, 0.25) is 5.91 Å². The highest BCUT2D eigenvalue weighted by molar-refractivity contribution is 5.94. The van der Waals surface area contributed by atoms with E-state index in [1.54, 1.807) is 6.08 Å². The molecule has 1 atom stereocenters. The highest BCUT2D eigenvalue weighted by Gasteiger charge is 2.31. The van der Waals surface area contributed by atoms with Crippen LogP contribution >= 0.6 is 0 Å². The second-order valence-electron chi connectivity index (χ2n) is 4.65. The number of carbonyl (C=O) groups is 2. The molecule has 5 nitrogen and oxygen atoms in total. The minimum Gasteiger partial charge on any atom is -0.480 e. The molecule has 1 saturated heterocycles. The van der Waals surface area contributed by atoms with Gasteiger partial charge in [0.25, 0.3) is 0 Å². The fourth-order valence-electron chi connectivity index (χ4n) is 2.10. The zero-order valence-corrected chi connectivity index (χ0v) is 11.3. The quantitative estimate of drug-likeness (QED) is 0.845. The van der Waals surface area contributed by atoms with Crippen LogP contribution in [0.3, 0.4) is 0 Å². The van der Waals surface area contributed by atoms with Crippen molar-refractivity contribution in [1.82, 2.24) is 4.90 Å². The second kappa shape index (κ2) is 6.34. The minimum atomic E-state index is -1.04. The molecule has 0 bridgehead atoms. The lowest BCUT2D eigenvalue weighted by Crippen LogP contribution is -2.52. The molecule has 1 amide bonds. The van der Waals surface area contributed by atoms with Crippen LogP contribution in [0.5, 0.6) is 0 Å². The maximum absolute atomic E-state index is 12.1. The van der Waals surface area contributed by atoms with Gasteiger partial charge in [-0.3, -0.25) is 4.79 Å². The Balaban J connectivity index is 2.10. The molecule has 20 heavy (non-hydrogen) atoms. The summed E-state index contributed by atoms with van der Waals surface area (Å²) in [5.41, 5.74) is 2.01. The van der Waals surface area contributed by atoms with Gasteiger partial charge >= 0.3 is 5.97 Å². The van der Waals surface area contributed by atoms with Gasteiger partial charge in [-0.2, -0.15) is 0 Å². The number of hydrogen-bond donors (Lipinski definition) is 1. The molecule has 0 spiro atoms. The van der Waals surface area contributed by atoms with Crippen LogP contribution < -0.4 is 0 Å². The molecule has 0 aromatic heterocycles. The molecule has 5 heteroatoms. The Morgan fingerprint density at radius 1 is 1.40 bits per heavy atom. The smallest absolute Gasteiger partial charge is 0.328 e. The Morgan fingerprint density at radius 3 is 2.85 bits per heavy atom. The largest absolute Gasteiger partial charge is 0.480 e. The maximum Gasteiger partial charge on any atom is 0.328 e. The van der Waals surface area contributed by atoms with E-state index in [1.807, 2.05) is 31.2 Å². The first-order valence-electron chi connectivity index (χ1n) is 6.44. The van der Waals surface area contributed by atoms with Crippen LogP contribution in [0.25, 0.3) is 6.08 Å². The van der Waals surface area contributed by atoms with Crippen molar-refractivity contribution in [3.8, 4) is 0 Å². The topological polar surface area (TPSA) is 66.8 Å². The molecule has 0 aliphatic carbocycles. The van der Waals surface area contributed by atoms with Crippen molar-refractivity contribution in [2.45, 2.75) is 13.0 Å². The molecule has 1 unspecified atom stereocenters. The number of aryl methyl sites for hydroxylation is 1. The molecule has 0 radical (unpaired) electrons. The molecule has 1 aliphatic heterocycles. The molecule has 0 saturated carbocycles. The van der Waals surface area contributed by atoms with Gasteiger partial charge in [-0.05, 0) is 24.1 Å². The number of nitrogens with zero attached hydrogens (tertiary/aromatic N) is 1. The Morgan fingerprint density at radius 2 is 2.15 bits per heavy atom. The lowest BCUT2D eigenvalue weighted by atomic mass is 10.1. The van der Waals surface area contributed by atoms with Crippen LogP contribution in [0.4, 0.5) is 0 Å². The fraction of sp³-hybridized carbons (Fsp3) is 0.333. The average Bonchev–Trinajstić information content (AvgIpc) is 2.46. The number of rotatable bonds is 3. The Bertz CT molecular complexity index is 538. The Labute approximate surface area is 117 Å².